The van der Waals surface area contributed by atoms with Crippen LogP contribution in [-0.2, 0) is 4.74 Å². The van der Waals surface area contributed by atoms with Crippen molar-refractivity contribution in [3.63, 3.8) is 0 Å². The monoisotopic (exact) mass is 258 g/mol. The fourth-order valence-corrected chi connectivity index (χ4v) is 1.89. The first-order valence-electron chi connectivity index (χ1n) is 6.03. The second-order valence-corrected chi connectivity index (χ2v) is 4.86. The second kappa shape index (κ2) is 4.47. The third-order valence-corrected chi connectivity index (χ3v) is 3.01. The van der Waals surface area contributed by atoms with Crippen molar-refractivity contribution in [3.8, 4) is 5.82 Å². The van der Waals surface area contributed by atoms with Gasteiger partial charge >= 0.3 is 0 Å². The standard InChI is InChI=1S/C13H14N4O2/c1-13(8-19-9-13)16-12(18)10-3-4-11(14-7-10)17-6-2-5-15-17/h2-7H,8-9H2,1H3,(H,16,18). The molecule has 6 nitrogen and oxygen atoms in total. The van der Waals surface area contributed by atoms with E-state index in [2.05, 4.69) is 15.4 Å². The Bertz CT molecular complexity index is 573. The Morgan fingerprint density at radius 2 is 2.32 bits per heavy atom. The molecule has 0 spiro atoms. The molecule has 2 aromatic heterocycles. The molecule has 0 saturated carbocycles. The normalized spacial score (nSPS) is 16.7. The number of nitrogens with one attached hydrogen (secondary N) is 1. The Morgan fingerprint density at radius 3 is 2.84 bits per heavy atom. The van der Waals surface area contributed by atoms with E-state index in [1.165, 1.54) is 0 Å². The first-order chi connectivity index (χ1) is 9.16. The van der Waals surface area contributed by atoms with Crippen LogP contribution in [-0.4, -0.2) is 39.4 Å². The smallest absolute Gasteiger partial charge is 0.253 e. The highest BCUT2D eigenvalue weighted by Gasteiger charge is 2.35. The molecular weight excluding hydrogens is 244 g/mol. The van der Waals surface area contributed by atoms with E-state index in [1.54, 1.807) is 35.4 Å². The lowest BCUT2D eigenvalue weighted by molar-refractivity contribution is -0.0593. The Balaban J connectivity index is 1.73. The zero-order valence-electron chi connectivity index (χ0n) is 10.5. The molecule has 2 aromatic rings. The minimum atomic E-state index is -0.252. The summed E-state index contributed by atoms with van der Waals surface area (Å²) in [5.74, 6) is 0.546. The Hall–Kier alpha value is -2.21. The van der Waals surface area contributed by atoms with Crippen LogP contribution in [0.4, 0.5) is 0 Å². The fraction of sp³-hybridized carbons (Fsp3) is 0.308. The van der Waals surface area contributed by atoms with Crippen LogP contribution in [0.15, 0.2) is 36.8 Å². The lowest BCUT2D eigenvalue weighted by atomic mass is 10.0. The summed E-state index contributed by atoms with van der Waals surface area (Å²) >= 11 is 0. The molecule has 19 heavy (non-hydrogen) atoms. The summed E-state index contributed by atoms with van der Waals surface area (Å²) in [7, 11) is 0. The first kappa shape index (κ1) is 11.9. The van der Waals surface area contributed by atoms with Crippen molar-refractivity contribution in [3.05, 3.63) is 42.4 Å². The zero-order chi connectivity index (χ0) is 13.3. The highest BCUT2D eigenvalue weighted by molar-refractivity contribution is 5.94. The van der Waals surface area contributed by atoms with Gasteiger partial charge < -0.3 is 10.1 Å². The number of aromatic nitrogens is 3. The van der Waals surface area contributed by atoms with Gasteiger partial charge in [-0.15, -0.1) is 0 Å². The topological polar surface area (TPSA) is 69.0 Å². The third kappa shape index (κ3) is 2.34. The number of hydrogen-bond acceptors (Lipinski definition) is 4. The Kier molecular flexibility index (Phi) is 2.79. The third-order valence-electron chi connectivity index (χ3n) is 3.01. The maximum atomic E-state index is 12.0. The van der Waals surface area contributed by atoms with Crippen LogP contribution >= 0.6 is 0 Å². The summed E-state index contributed by atoms with van der Waals surface area (Å²) in [6.45, 7) is 3.06. The van der Waals surface area contributed by atoms with Crippen molar-refractivity contribution in [2.75, 3.05) is 13.2 Å². The van der Waals surface area contributed by atoms with Crippen molar-refractivity contribution in [2.24, 2.45) is 0 Å². The van der Waals surface area contributed by atoms with Crippen molar-refractivity contribution < 1.29 is 9.53 Å². The second-order valence-electron chi connectivity index (χ2n) is 4.86. The maximum absolute atomic E-state index is 12.0. The van der Waals surface area contributed by atoms with Crippen molar-refractivity contribution >= 4 is 5.91 Å². The molecule has 1 aliphatic rings. The average Bonchev–Trinajstić information content (AvgIpc) is 2.91. The Labute approximate surface area is 110 Å². The molecule has 3 heterocycles. The SMILES string of the molecule is CC1(NC(=O)c2ccc(-n3cccn3)nc2)COC1. The summed E-state index contributed by atoms with van der Waals surface area (Å²) in [5.41, 5.74) is 0.279. The first-order valence-corrected chi connectivity index (χ1v) is 6.03. The zero-order valence-corrected chi connectivity index (χ0v) is 10.5. The average molecular weight is 258 g/mol. The van der Waals surface area contributed by atoms with E-state index in [1.807, 2.05) is 13.0 Å². The molecule has 1 saturated heterocycles. The molecule has 0 aromatic carbocycles. The van der Waals surface area contributed by atoms with Crippen molar-refractivity contribution in [1.82, 2.24) is 20.1 Å². The summed E-state index contributed by atoms with van der Waals surface area (Å²) in [5, 5.41) is 7.02. The van der Waals surface area contributed by atoms with Crippen LogP contribution in [0, 0.1) is 0 Å². The van der Waals surface area contributed by atoms with E-state index in [-0.39, 0.29) is 11.4 Å². The van der Waals surface area contributed by atoms with Crippen LogP contribution in [0.1, 0.15) is 17.3 Å². The molecule has 1 amide bonds. The van der Waals surface area contributed by atoms with Gasteiger partial charge in [0.2, 0.25) is 0 Å². The molecule has 1 aliphatic heterocycles. The van der Waals surface area contributed by atoms with Gasteiger partial charge in [0.05, 0.1) is 24.3 Å². The van der Waals surface area contributed by atoms with Crippen LogP contribution in [0.5, 0.6) is 0 Å². The van der Waals surface area contributed by atoms with Crippen LogP contribution in [0.2, 0.25) is 0 Å². The number of carbonyl (C=O) groups is 1. The van der Waals surface area contributed by atoms with E-state index in [0.717, 1.165) is 0 Å². The summed E-state index contributed by atoms with van der Waals surface area (Å²) < 4.78 is 6.74. The molecule has 1 N–H and O–H groups in total. The number of ether oxygens (including phenoxy) is 1. The Morgan fingerprint density at radius 1 is 1.47 bits per heavy atom. The highest BCUT2D eigenvalue weighted by atomic mass is 16.5. The van der Waals surface area contributed by atoms with E-state index in [4.69, 9.17) is 4.74 Å². The van der Waals surface area contributed by atoms with Crippen molar-refractivity contribution in [2.45, 2.75) is 12.5 Å². The summed E-state index contributed by atoms with van der Waals surface area (Å²) in [6.07, 6.45) is 5.03. The number of nitrogens with zero attached hydrogens (tertiary/aromatic N) is 3. The highest BCUT2D eigenvalue weighted by Crippen LogP contribution is 2.16. The predicted octanol–water partition coefficient (Wildman–Crippen LogP) is 0.786. The predicted molar refractivity (Wildman–Crippen MR) is 68.0 cm³/mol. The van der Waals surface area contributed by atoms with E-state index >= 15 is 0 Å². The molecule has 0 atom stereocenters. The van der Waals surface area contributed by atoms with Gasteiger partial charge in [0.15, 0.2) is 5.82 Å². The van der Waals surface area contributed by atoms with Gasteiger partial charge in [0, 0.05) is 18.6 Å². The quantitative estimate of drug-likeness (QED) is 0.883. The lowest BCUT2D eigenvalue weighted by Gasteiger charge is -2.38. The number of rotatable bonds is 3. The minimum Gasteiger partial charge on any atom is -0.376 e. The van der Waals surface area contributed by atoms with Crippen molar-refractivity contribution in [1.29, 1.82) is 0 Å². The molecule has 1 fully saturated rings. The number of carbonyl (C=O) groups excluding carboxylic acids is 1. The van der Waals surface area contributed by atoms with Gasteiger partial charge in [0.25, 0.3) is 5.91 Å². The fourth-order valence-electron chi connectivity index (χ4n) is 1.89. The summed E-state index contributed by atoms with van der Waals surface area (Å²) in [6, 6.07) is 5.32. The van der Waals surface area contributed by atoms with Gasteiger partial charge in [-0.3, -0.25) is 4.79 Å². The molecule has 0 radical (unpaired) electrons. The molecule has 3 rings (SSSR count). The van der Waals surface area contributed by atoms with Crippen LogP contribution in [0.25, 0.3) is 5.82 Å². The maximum Gasteiger partial charge on any atom is 0.253 e. The summed E-state index contributed by atoms with van der Waals surface area (Å²) in [4.78, 5) is 16.2. The van der Waals surface area contributed by atoms with Gasteiger partial charge in [0.1, 0.15) is 0 Å². The van der Waals surface area contributed by atoms with E-state index in [0.29, 0.717) is 24.6 Å². The molecular formula is C13H14N4O2. The van der Waals surface area contributed by atoms with E-state index in [9.17, 15) is 4.79 Å². The van der Waals surface area contributed by atoms with E-state index < -0.39 is 0 Å². The van der Waals surface area contributed by atoms with Gasteiger partial charge in [-0.1, -0.05) is 0 Å². The molecule has 0 aliphatic carbocycles. The number of pyridine rings is 1. The lowest BCUT2D eigenvalue weighted by Crippen LogP contribution is -2.59. The minimum absolute atomic E-state index is 0.134. The molecule has 98 valence electrons. The van der Waals surface area contributed by atoms with Crippen LogP contribution in [0.3, 0.4) is 0 Å². The largest absolute Gasteiger partial charge is 0.376 e. The number of amides is 1. The van der Waals surface area contributed by atoms with Crippen LogP contribution < -0.4 is 5.32 Å². The molecule has 0 bridgehead atoms. The van der Waals surface area contributed by atoms with Gasteiger partial charge in [-0.25, -0.2) is 9.67 Å². The molecule has 0 unspecified atom stereocenters. The van der Waals surface area contributed by atoms with Gasteiger partial charge in [-0.05, 0) is 25.1 Å². The number of hydrogen-bond donors (Lipinski definition) is 1. The molecule has 6 heteroatoms. The van der Waals surface area contributed by atoms with Gasteiger partial charge in [-0.2, -0.15) is 5.10 Å².